The lowest BCUT2D eigenvalue weighted by Crippen LogP contribution is -2.40. The van der Waals surface area contributed by atoms with Crippen molar-refractivity contribution in [2.75, 3.05) is 90.2 Å². The average molecular weight is 1660 g/mol. The lowest BCUT2D eigenvalue weighted by molar-refractivity contribution is -0.128. The van der Waals surface area contributed by atoms with Gasteiger partial charge in [-0.25, -0.2) is 43.9 Å². The standard InChI is InChI=1S/C33H39N7O2.C32H37N7O2.C31H35N7O2/c1-38(25-10-4-2-5-11-25)20-9-15-29(41)39-21-8-12-26(22-39)40-33-30(32(34)35-23-36-33)31(37-40)24-16-18-28(19-17-24)42-27-13-6-3-7-14-27;1-37(24-9-4-2-5-10-24)19-8-13-28(40)38-20-18-25(21-38)39-32-29(31(33)34-22-35-32)30(36-39)23-14-16-27(17-15-23)41-26-11-6-3-7-12-26;32-30-28-29(22-13-15-26(16-14-22)40-25-10-5-2-6-11-25)36-38(31(28)35-21-34-30)24-17-19-37(20-24)27(39)12-7-18-33-23-8-3-1-4-9-23/h3,6-7,9,13-19,23,25-26H,2,4-5,8,10-12,20-22H2,1H3,(H2,34,35,36);3,6-8,11-17,22,24-25H,2,4-5,9-10,18-21H2,1H3,(H2,33,34,35);2,5-7,10-16,21,23-24,33H,1,3-4,8-9,17-20H2,(H2,32,34,35)/b15-9+;13-8+;12-7+/t26-;25-;24-/m111/s1. The molecule has 3 saturated carbocycles. The number of fused-ring (bicyclic) bond motifs is 3. The first kappa shape index (κ1) is 83.9. The second-order valence-corrected chi connectivity index (χ2v) is 33.0. The predicted octanol–water partition coefficient (Wildman–Crippen LogP) is 16.4. The second-order valence-electron chi connectivity index (χ2n) is 33.0. The second kappa shape index (κ2) is 40.3. The van der Waals surface area contributed by atoms with Crippen LogP contribution in [0, 0.1) is 0 Å². The minimum atomic E-state index is -0.00718. The quantitative estimate of drug-likeness (QED) is 0.0408. The molecule has 3 saturated heterocycles. The van der Waals surface area contributed by atoms with Crippen molar-refractivity contribution in [3.05, 3.63) is 219 Å². The van der Waals surface area contributed by atoms with Crippen molar-refractivity contribution in [1.82, 2.24) is 89.1 Å². The lowest BCUT2D eigenvalue weighted by Gasteiger charge is -2.32. The van der Waals surface area contributed by atoms with Gasteiger partial charge in [0.25, 0.3) is 0 Å². The van der Waals surface area contributed by atoms with Gasteiger partial charge in [0.2, 0.25) is 17.7 Å². The van der Waals surface area contributed by atoms with Crippen LogP contribution in [0.4, 0.5) is 17.5 Å². The fraction of sp³-hybridized carbons (Fsp3) is 0.375. The molecular weight excluding hydrogens is 1540 g/mol. The topological polar surface area (TPSA) is 316 Å². The van der Waals surface area contributed by atoms with E-state index in [-0.39, 0.29) is 35.8 Å². The number of ether oxygens (including phenoxy) is 3. The average Bonchev–Trinajstić information content (AvgIpc) is 1.62. The van der Waals surface area contributed by atoms with Crippen LogP contribution in [0.2, 0.25) is 0 Å². The number of benzene rings is 6. The maximum atomic E-state index is 13.2. The summed E-state index contributed by atoms with van der Waals surface area (Å²) >= 11 is 0. The first-order valence-electron chi connectivity index (χ1n) is 43.7. The Hall–Kier alpha value is -12.7. The number of nitrogen functional groups attached to an aromatic ring is 3. The van der Waals surface area contributed by atoms with Crippen LogP contribution in [0.3, 0.4) is 0 Å². The van der Waals surface area contributed by atoms with Gasteiger partial charge >= 0.3 is 0 Å². The van der Waals surface area contributed by atoms with E-state index >= 15 is 0 Å². The molecule has 123 heavy (non-hydrogen) atoms. The smallest absolute Gasteiger partial charge is 0.246 e. The van der Waals surface area contributed by atoms with Gasteiger partial charge in [0, 0.05) is 112 Å². The third-order valence-electron chi connectivity index (χ3n) is 24.7. The van der Waals surface area contributed by atoms with Crippen LogP contribution in [-0.2, 0) is 14.4 Å². The first-order valence-corrected chi connectivity index (χ1v) is 43.7. The van der Waals surface area contributed by atoms with E-state index in [1.807, 2.05) is 211 Å². The molecule has 6 fully saturated rings. The summed E-state index contributed by atoms with van der Waals surface area (Å²) in [5.41, 5.74) is 25.9. The molecule has 7 N–H and O–H groups in total. The molecule has 27 nitrogen and oxygen atoms in total. The van der Waals surface area contributed by atoms with Crippen molar-refractivity contribution in [2.24, 2.45) is 0 Å². The number of para-hydroxylation sites is 3. The molecule has 27 heteroatoms. The van der Waals surface area contributed by atoms with Gasteiger partial charge in [-0.15, -0.1) is 0 Å². The zero-order valence-corrected chi connectivity index (χ0v) is 70.3. The molecule has 3 aliphatic heterocycles. The number of nitrogens with two attached hydrogens (primary N) is 3. The van der Waals surface area contributed by atoms with Crippen LogP contribution in [0.1, 0.15) is 140 Å². The highest BCUT2D eigenvalue weighted by molar-refractivity contribution is 6.01. The highest BCUT2D eigenvalue weighted by Crippen LogP contribution is 2.40. The Labute approximate surface area is 718 Å². The van der Waals surface area contributed by atoms with Crippen molar-refractivity contribution < 1.29 is 28.6 Å². The third kappa shape index (κ3) is 20.7. The number of likely N-dealkylation sites (N-methyl/N-ethyl adjacent to an activating group) is 2. The molecule has 0 spiro atoms. The molecule has 9 heterocycles. The van der Waals surface area contributed by atoms with Crippen LogP contribution >= 0.6 is 0 Å². The van der Waals surface area contributed by atoms with Crippen molar-refractivity contribution in [3.63, 3.8) is 0 Å². The molecule has 0 unspecified atom stereocenters. The van der Waals surface area contributed by atoms with Gasteiger partial charge in [0.1, 0.15) is 88.0 Å². The van der Waals surface area contributed by atoms with Gasteiger partial charge < -0.3 is 51.4 Å². The molecule has 3 atom stereocenters. The molecule has 0 radical (unpaired) electrons. The van der Waals surface area contributed by atoms with Crippen LogP contribution in [0.25, 0.3) is 66.9 Å². The number of nitrogens with zero attached hydrogens (tertiary/aromatic N) is 17. The van der Waals surface area contributed by atoms with Crippen LogP contribution in [0.5, 0.6) is 34.5 Å². The maximum Gasteiger partial charge on any atom is 0.246 e. The summed E-state index contributed by atoms with van der Waals surface area (Å²) in [6.07, 6.45) is 38.3. The van der Waals surface area contributed by atoms with Gasteiger partial charge in [-0.3, -0.25) is 24.2 Å². The van der Waals surface area contributed by atoms with Gasteiger partial charge in [-0.1, -0.05) is 131 Å². The number of hydrogen-bond donors (Lipinski definition) is 4. The van der Waals surface area contributed by atoms with Crippen molar-refractivity contribution in [3.8, 4) is 68.3 Å². The van der Waals surface area contributed by atoms with E-state index in [2.05, 4.69) is 59.1 Å². The zero-order chi connectivity index (χ0) is 84.4. The summed E-state index contributed by atoms with van der Waals surface area (Å²) in [4.78, 5) is 76.0. The monoisotopic (exact) mass is 1650 g/mol. The first-order chi connectivity index (χ1) is 60.3. The van der Waals surface area contributed by atoms with Gasteiger partial charge in [0.05, 0.1) is 34.3 Å². The van der Waals surface area contributed by atoms with Gasteiger partial charge in [-0.2, -0.15) is 15.3 Å². The van der Waals surface area contributed by atoms with Gasteiger partial charge in [-0.05, 0) is 187 Å². The van der Waals surface area contributed by atoms with Crippen molar-refractivity contribution >= 4 is 68.3 Å². The molecule has 636 valence electrons. The summed E-state index contributed by atoms with van der Waals surface area (Å²) in [6, 6.07) is 54.2. The van der Waals surface area contributed by atoms with E-state index in [9.17, 15) is 14.4 Å². The fourth-order valence-electron chi connectivity index (χ4n) is 17.9. The Kier molecular flexibility index (Phi) is 27.5. The molecule has 6 aromatic heterocycles. The summed E-state index contributed by atoms with van der Waals surface area (Å²) in [5.74, 6) is 5.82. The molecule has 12 aromatic rings. The Morgan fingerprint density at radius 2 is 0.691 bits per heavy atom. The van der Waals surface area contributed by atoms with Gasteiger partial charge in [0.15, 0.2) is 16.9 Å². The molecule has 18 rings (SSSR count). The Morgan fingerprint density at radius 1 is 0.374 bits per heavy atom. The zero-order valence-electron chi connectivity index (χ0n) is 70.3. The molecule has 3 amide bonds. The summed E-state index contributed by atoms with van der Waals surface area (Å²) < 4.78 is 23.6. The number of carbonyl (C=O) groups is 3. The number of amides is 3. The lowest BCUT2D eigenvalue weighted by atomic mass is 9.94. The van der Waals surface area contributed by atoms with Crippen LogP contribution in [0.15, 0.2) is 219 Å². The number of hydrogen-bond acceptors (Lipinski definition) is 21. The Bertz CT molecular complexity index is 5610. The summed E-state index contributed by atoms with van der Waals surface area (Å²) in [5, 5.41) is 20.7. The normalized spacial score (nSPS) is 18.1. The number of carbonyl (C=O) groups excluding carboxylic acids is 3. The van der Waals surface area contributed by atoms with Crippen LogP contribution in [-0.4, -0.2) is 193 Å². The third-order valence-corrected chi connectivity index (χ3v) is 24.7. The molecule has 6 aromatic carbocycles. The van der Waals surface area contributed by atoms with E-state index in [0.29, 0.717) is 85.2 Å². The molecule has 3 aliphatic carbocycles. The number of piperidine rings is 1. The number of likely N-dealkylation sites (tertiary alicyclic amines) is 3. The SMILES string of the molecule is CN(C/C=C/C(=O)N1CCC[C@@H](n2nc(-c3ccc(Oc4ccccc4)cc3)c3c(N)ncnc32)C1)C1CCCCC1.CN(C/C=C/C(=O)N1CC[C@@H](n2nc(-c3ccc(Oc4ccccc4)cc3)c3c(N)ncnc32)C1)C1CCCCC1.Nc1ncnc2c1c(-c1ccc(Oc3ccccc3)cc1)nn2[C@@H]1CCN(C(=O)/C=C/CNC2CCCCC2)C1. The minimum Gasteiger partial charge on any atom is -0.457 e. The largest absolute Gasteiger partial charge is 0.457 e. The molecule has 6 aliphatic rings. The maximum absolute atomic E-state index is 13.2. The Morgan fingerprint density at radius 3 is 1.05 bits per heavy atom. The Balaban J connectivity index is 0.000000137. The summed E-state index contributed by atoms with van der Waals surface area (Å²) in [7, 11) is 4.33. The predicted molar refractivity (Wildman–Crippen MR) is 482 cm³/mol. The van der Waals surface area contributed by atoms with Crippen LogP contribution < -0.4 is 36.7 Å². The highest BCUT2D eigenvalue weighted by Gasteiger charge is 2.34. The van der Waals surface area contributed by atoms with Crippen molar-refractivity contribution in [1.29, 1.82) is 0 Å². The number of rotatable bonds is 24. The number of anilines is 3. The fourth-order valence-corrected chi connectivity index (χ4v) is 17.9. The highest BCUT2D eigenvalue weighted by atomic mass is 16.5. The van der Waals surface area contributed by atoms with Crippen molar-refractivity contribution in [2.45, 2.75) is 158 Å². The van der Waals surface area contributed by atoms with E-state index in [1.165, 1.54) is 115 Å². The van der Waals surface area contributed by atoms with E-state index < -0.39 is 0 Å². The van der Waals surface area contributed by atoms with E-state index in [0.717, 1.165) is 136 Å². The van der Waals surface area contributed by atoms with E-state index in [1.54, 1.807) is 18.2 Å². The number of nitrogens with one attached hydrogen (secondary N) is 1. The van der Waals surface area contributed by atoms with E-state index in [4.69, 9.17) is 46.7 Å². The minimum absolute atomic E-state index is 0.00324. The molecular formula is C96H111N21O6. The molecule has 0 bridgehead atoms. The summed E-state index contributed by atoms with van der Waals surface area (Å²) in [6.45, 7) is 6.14. The number of aromatic nitrogens is 12.